The maximum Gasteiger partial charge on any atom is 0.336 e. The van der Waals surface area contributed by atoms with Crippen LogP contribution in [0, 0.1) is 5.92 Å². The Kier molecular flexibility index (Phi) is 21.0. The van der Waals surface area contributed by atoms with Crippen LogP contribution in [0.2, 0.25) is 5.39 Å². The van der Waals surface area contributed by atoms with Gasteiger partial charge in [-0.3, -0.25) is 0 Å². The van der Waals surface area contributed by atoms with Gasteiger partial charge in [0, 0.05) is 9.79 Å². The number of carbonyl (C=O) groups is 2. The molecule has 0 bridgehead atoms. The number of hydrogen-bond acceptors (Lipinski definition) is 4. The fourth-order valence-electron chi connectivity index (χ4n) is 5.30. The molecule has 1 atom stereocenters. The molecule has 0 aliphatic carbocycles. The molecule has 0 saturated heterocycles. The number of benzene rings is 2. The molecule has 0 aliphatic rings. The summed E-state index contributed by atoms with van der Waals surface area (Å²) in [7, 11) is 0. The van der Waals surface area contributed by atoms with Crippen LogP contribution in [0.25, 0.3) is 0 Å². The van der Waals surface area contributed by atoms with Gasteiger partial charge < -0.3 is 16.4 Å². The third-order valence-electron chi connectivity index (χ3n) is 8.74. The summed E-state index contributed by atoms with van der Waals surface area (Å²) in [5, 5.41) is 20.7. The van der Waals surface area contributed by atoms with Crippen molar-refractivity contribution in [2.24, 2.45) is 5.92 Å². The molecule has 0 heterocycles. The van der Waals surface area contributed by atoms with Crippen molar-refractivity contribution in [1.82, 2.24) is 6.15 Å². The molecule has 5 N–H and O–H groups in total. The van der Waals surface area contributed by atoms with Crippen LogP contribution < -0.4 is 6.15 Å². The molecular formula is C38H62NNiO4S. The molecule has 7 heteroatoms. The van der Waals surface area contributed by atoms with Crippen molar-refractivity contribution in [2.45, 2.75) is 158 Å². The Morgan fingerprint density at radius 2 is 1.11 bits per heavy atom. The van der Waals surface area contributed by atoms with E-state index in [1.807, 2.05) is 24.3 Å². The summed E-state index contributed by atoms with van der Waals surface area (Å²) in [5.74, 6) is -1.17. The maximum absolute atomic E-state index is 12.0. The van der Waals surface area contributed by atoms with Crippen LogP contribution in [0.4, 0.5) is 0 Å². The van der Waals surface area contributed by atoms with Crippen molar-refractivity contribution < 1.29 is 35.3 Å². The van der Waals surface area contributed by atoms with E-state index in [1.165, 1.54) is 50.3 Å². The van der Waals surface area contributed by atoms with Gasteiger partial charge in [0.25, 0.3) is 0 Å². The Labute approximate surface area is 287 Å². The van der Waals surface area contributed by atoms with Gasteiger partial charge in [-0.2, -0.15) is 0 Å². The molecule has 259 valence electrons. The Morgan fingerprint density at radius 3 is 1.42 bits per heavy atom. The average Bonchev–Trinajstić information content (AvgIpc) is 2.98. The minimum absolute atomic E-state index is 0. The van der Waals surface area contributed by atoms with Crippen LogP contribution in [0.1, 0.15) is 164 Å². The van der Waals surface area contributed by atoms with E-state index in [9.17, 15) is 19.8 Å². The fourth-order valence-corrected chi connectivity index (χ4v) is 6.93. The van der Waals surface area contributed by atoms with Crippen molar-refractivity contribution in [2.75, 3.05) is 0 Å². The van der Waals surface area contributed by atoms with Crippen LogP contribution in [0.15, 0.2) is 46.2 Å². The van der Waals surface area contributed by atoms with Gasteiger partial charge in [-0.05, 0) is 59.1 Å². The number of carboxylic acids is 2. The molecule has 2 aromatic rings. The number of carboxylic acid groups (broad SMARTS) is 2. The van der Waals surface area contributed by atoms with E-state index in [0.717, 1.165) is 61.0 Å². The normalized spacial score (nSPS) is 12.1. The topological polar surface area (TPSA) is 110 Å². The van der Waals surface area contributed by atoms with Gasteiger partial charge in [0.1, 0.15) is 0 Å². The van der Waals surface area contributed by atoms with Gasteiger partial charge in [0.05, 0.1) is 11.1 Å². The average molecular weight is 688 g/mol. The van der Waals surface area contributed by atoms with Gasteiger partial charge >= 0.3 is 78.2 Å². The molecule has 5 nitrogen and oxygen atoms in total. The van der Waals surface area contributed by atoms with E-state index in [-0.39, 0.29) is 28.1 Å². The molecule has 0 amide bonds. The van der Waals surface area contributed by atoms with Gasteiger partial charge in [-0.1, -0.05) is 104 Å². The third kappa shape index (κ3) is 14.7. The van der Waals surface area contributed by atoms with E-state index in [4.69, 9.17) is 15.5 Å². The van der Waals surface area contributed by atoms with Crippen molar-refractivity contribution in [3.8, 4) is 0 Å². The van der Waals surface area contributed by atoms with Crippen molar-refractivity contribution in [1.29, 1.82) is 0 Å². The van der Waals surface area contributed by atoms with E-state index < -0.39 is 11.9 Å². The summed E-state index contributed by atoms with van der Waals surface area (Å²) in [4.78, 5) is 25.3. The minimum atomic E-state index is -1.00. The zero-order chi connectivity index (χ0) is 33.3. The Morgan fingerprint density at radius 1 is 0.711 bits per heavy atom. The zero-order valence-corrected chi connectivity index (χ0v) is 31.2. The molecule has 1 unspecified atom stereocenters. The first-order valence-corrected chi connectivity index (χ1v) is 18.2. The van der Waals surface area contributed by atoms with Gasteiger partial charge in [-0.25, -0.2) is 9.59 Å². The first kappa shape index (κ1) is 43.2. The van der Waals surface area contributed by atoms with Crippen molar-refractivity contribution >= 4 is 23.7 Å². The zero-order valence-electron chi connectivity index (χ0n) is 29.4. The standard InChI is InChI=1S/C30H42O4S.C8H17.H3N.Ni/c1-7-9-11-17-29(3,4)21-13-15-23(27(31)32)25(19-21)35-26-20-22(14-16-24(26)28(33)34)30(5,6)18-12-10-8-2;1-4-6-7-8(3)5-2;;/h13-16,19-20H,7-12,17-18H2,1-6H3,(H,31,32)(H,33,34);8H,3-7H2,1-2H3;1H3;. The first-order valence-electron chi connectivity index (χ1n) is 16.7. The predicted octanol–water partition coefficient (Wildman–Crippen LogP) is 12.3. The molecule has 45 heavy (non-hydrogen) atoms. The Balaban J connectivity index is 0.00000168. The van der Waals surface area contributed by atoms with Crippen LogP contribution in [0.5, 0.6) is 0 Å². The summed E-state index contributed by atoms with van der Waals surface area (Å²) in [5.41, 5.74) is 2.36. The number of rotatable bonds is 19. The third-order valence-corrected chi connectivity index (χ3v) is 10.4. The van der Waals surface area contributed by atoms with E-state index >= 15 is 0 Å². The molecular weight excluding hydrogens is 625 g/mol. The summed E-state index contributed by atoms with van der Waals surface area (Å²) < 4.78 is 0. The number of unbranched alkanes of at least 4 members (excludes halogenated alkanes) is 5. The number of hydrogen-bond donors (Lipinski definition) is 3. The second-order valence-electron chi connectivity index (χ2n) is 13.4. The summed E-state index contributed by atoms with van der Waals surface area (Å²) in [6, 6.07) is 11.0. The van der Waals surface area contributed by atoms with Crippen LogP contribution in [-0.4, -0.2) is 22.2 Å². The van der Waals surface area contributed by atoms with E-state index in [0.29, 0.717) is 9.79 Å². The largest absolute Gasteiger partial charge is 0.478 e. The maximum atomic E-state index is 12.0. The van der Waals surface area contributed by atoms with Crippen LogP contribution >= 0.6 is 11.8 Å². The van der Waals surface area contributed by atoms with Crippen LogP contribution in [-0.2, 0) is 26.3 Å². The molecule has 2 rings (SSSR count). The second-order valence-corrected chi connectivity index (χ2v) is 14.8. The van der Waals surface area contributed by atoms with E-state index in [2.05, 4.69) is 55.4 Å². The SMILES string of the molecule is CCCCC(CC)[CH2][Ni].CCCCCC(C)(C)c1ccc(C(=O)O)c(Sc2cc(C(C)(C)CCCCC)ccc2C(=O)O)c1.N. The molecule has 2 aromatic carbocycles. The van der Waals surface area contributed by atoms with Gasteiger partial charge in [0.2, 0.25) is 0 Å². The predicted molar refractivity (Wildman–Crippen MR) is 188 cm³/mol. The summed E-state index contributed by atoms with van der Waals surface area (Å²) in [6.45, 7) is 17.6. The molecule has 0 spiro atoms. The van der Waals surface area contributed by atoms with Crippen molar-refractivity contribution in [3.05, 3.63) is 58.7 Å². The monoisotopic (exact) mass is 686 g/mol. The second kappa shape index (κ2) is 21.9. The smallest absolute Gasteiger partial charge is 0.336 e. The Bertz CT molecular complexity index is 1080. The van der Waals surface area contributed by atoms with Gasteiger partial charge in [0.15, 0.2) is 0 Å². The summed E-state index contributed by atoms with van der Waals surface area (Å²) >= 11 is 5.97. The van der Waals surface area contributed by atoms with Crippen molar-refractivity contribution in [3.63, 3.8) is 0 Å². The Hall–Kier alpha value is -1.82. The molecule has 0 saturated carbocycles. The molecule has 0 aliphatic heterocycles. The fraction of sp³-hybridized carbons (Fsp3) is 0.632. The minimum Gasteiger partial charge on any atom is -0.478 e. The van der Waals surface area contributed by atoms with E-state index in [1.54, 1.807) is 12.1 Å². The summed E-state index contributed by atoms with van der Waals surface area (Å²) in [6.07, 6.45) is 14.2. The molecule has 0 aromatic heterocycles. The first-order chi connectivity index (χ1) is 20.8. The van der Waals surface area contributed by atoms with Gasteiger partial charge in [-0.15, -0.1) is 0 Å². The quantitative estimate of drug-likeness (QED) is 0.100. The van der Waals surface area contributed by atoms with Crippen LogP contribution in [0.3, 0.4) is 0 Å². The molecule has 0 fully saturated rings. The molecule has 0 radical (unpaired) electrons. The number of aromatic carboxylic acids is 2.